The lowest BCUT2D eigenvalue weighted by molar-refractivity contribution is -0.161. The third kappa shape index (κ3) is 2.99. The van der Waals surface area contributed by atoms with Crippen LogP contribution in [-0.4, -0.2) is 52.4 Å². The maximum atomic E-state index is 13.0. The van der Waals surface area contributed by atoms with E-state index in [0.717, 1.165) is 0 Å². The highest BCUT2D eigenvalue weighted by atomic mass is 16.6. The first-order valence-corrected chi connectivity index (χ1v) is 9.86. The summed E-state index contributed by atoms with van der Waals surface area (Å²) in [6, 6.07) is 0. The summed E-state index contributed by atoms with van der Waals surface area (Å²) in [6.07, 6.45) is 0.453. The smallest absolute Gasteiger partial charge is 0.341 e. The van der Waals surface area contributed by atoms with Gasteiger partial charge in [-0.1, -0.05) is 27.7 Å². The molecular formula is C20H30O7. The second-order valence-corrected chi connectivity index (χ2v) is 8.90. The summed E-state index contributed by atoms with van der Waals surface area (Å²) < 4.78 is 11.1. The second-order valence-electron chi connectivity index (χ2n) is 8.90. The number of esters is 2. The minimum Gasteiger partial charge on any atom is -0.461 e. The maximum Gasteiger partial charge on any atom is 0.341 e. The molecule has 1 heterocycles. The van der Waals surface area contributed by atoms with Crippen LogP contribution in [0.2, 0.25) is 0 Å². The van der Waals surface area contributed by atoms with E-state index in [-0.39, 0.29) is 42.3 Å². The molecule has 0 amide bonds. The van der Waals surface area contributed by atoms with E-state index in [1.54, 1.807) is 6.92 Å². The molecule has 0 aromatic heterocycles. The van der Waals surface area contributed by atoms with Crippen LogP contribution in [0.1, 0.15) is 53.4 Å². The monoisotopic (exact) mass is 382 g/mol. The molecule has 152 valence electrons. The van der Waals surface area contributed by atoms with Gasteiger partial charge >= 0.3 is 11.9 Å². The molecule has 0 unspecified atom stereocenters. The van der Waals surface area contributed by atoms with Crippen molar-refractivity contribution >= 4 is 17.7 Å². The first-order chi connectivity index (χ1) is 12.6. The van der Waals surface area contributed by atoms with Gasteiger partial charge in [-0.15, -0.1) is 0 Å². The Morgan fingerprint density at radius 2 is 2.07 bits per heavy atom. The number of hydrogen-bond acceptors (Lipinski definition) is 7. The maximum absolute atomic E-state index is 13.0. The summed E-state index contributed by atoms with van der Waals surface area (Å²) in [5.41, 5.74) is -2.82. The average molecular weight is 382 g/mol. The molecule has 3 rings (SSSR count). The van der Waals surface area contributed by atoms with E-state index in [9.17, 15) is 24.6 Å². The van der Waals surface area contributed by atoms with E-state index < -0.39 is 41.7 Å². The first kappa shape index (κ1) is 20.3. The highest BCUT2D eigenvalue weighted by molar-refractivity contribution is 5.89. The Hall–Kier alpha value is -1.47. The predicted octanol–water partition coefficient (Wildman–Crippen LogP) is 1.23. The number of aliphatic hydroxyl groups is 2. The number of rotatable bonds is 4. The molecule has 1 aliphatic heterocycles. The molecule has 7 heteroatoms. The van der Waals surface area contributed by atoms with E-state index in [0.29, 0.717) is 12.8 Å². The first-order valence-electron chi connectivity index (χ1n) is 9.86. The van der Waals surface area contributed by atoms with Crippen LogP contribution in [0.15, 0.2) is 0 Å². The molecule has 3 aliphatic rings. The summed E-state index contributed by atoms with van der Waals surface area (Å²) in [5.74, 6) is -2.27. The SMILES string of the molecule is CC[C@@H](C)C(=O)O[C@H]1CC(=O)[C@@]2(C)C[C@H]3[C@@H](C[C@@H](C)[C@H]12)OC(=O)[C@]3(O)CO. The number of ketones is 1. The van der Waals surface area contributed by atoms with Gasteiger partial charge in [-0.25, -0.2) is 4.79 Å². The number of carbonyl (C=O) groups excluding carboxylic acids is 3. The van der Waals surface area contributed by atoms with Crippen LogP contribution in [0.5, 0.6) is 0 Å². The van der Waals surface area contributed by atoms with Crippen LogP contribution in [0.4, 0.5) is 0 Å². The van der Waals surface area contributed by atoms with Crippen molar-refractivity contribution < 1.29 is 34.1 Å². The van der Waals surface area contributed by atoms with Crippen LogP contribution in [0, 0.1) is 29.1 Å². The van der Waals surface area contributed by atoms with Crippen LogP contribution < -0.4 is 0 Å². The van der Waals surface area contributed by atoms with E-state index >= 15 is 0 Å². The van der Waals surface area contributed by atoms with Crippen molar-refractivity contribution in [1.82, 2.24) is 0 Å². The highest BCUT2D eigenvalue weighted by Crippen LogP contribution is 2.56. The van der Waals surface area contributed by atoms with Crippen LogP contribution >= 0.6 is 0 Å². The van der Waals surface area contributed by atoms with Crippen molar-refractivity contribution in [2.24, 2.45) is 29.1 Å². The van der Waals surface area contributed by atoms with E-state index in [4.69, 9.17) is 9.47 Å². The topological polar surface area (TPSA) is 110 Å². The standard InChI is InChI=1S/C20H30O7/c1-5-10(2)17(23)26-14-7-15(22)19(4)8-12-13(6-11(3)16(14)19)27-18(24)20(12,25)9-21/h10-14,16,21,25H,5-9H2,1-4H3/t10-,11-,12+,13-,14+,16-,19-,20+/m1/s1. The van der Waals surface area contributed by atoms with Crippen molar-refractivity contribution in [2.45, 2.75) is 71.2 Å². The largest absolute Gasteiger partial charge is 0.461 e. The summed E-state index contributed by atoms with van der Waals surface area (Å²) >= 11 is 0. The Morgan fingerprint density at radius 1 is 1.41 bits per heavy atom. The van der Waals surface area contributed by atoms with Crippen molar-refractivity contribution in [2.75, 3.05) is 6.61 Å². The summed E-state index contributed by atoms with van der Waals surface area (Å²) in [6.45, 7) is 6.78. The van der Waals surface area contributed by atoms with Crippen molar-refractivity contribution in [1.29, 1.82) is 0 Å². The Labute approximate surface area is 159 Å². The van der Waals surface area contributed by atoms with Gasteiger partial charge in [0.15, 0.2) is 5.60 Å². The number of hydrogen-bond donors (Lipinski definition) is 2. The zero-order valence-electron chi connectivity index (χ0n) is 16.4. The highest BCUT2D eigenvalue weighted by Gasteiger charge is 2.65. The quantitative estimate of drug-likeness (QED) is 0.704. The van der Waals surface area contributed by atoms with Crippen molar-refractivity contribution in [3.63, 3.8) is 0 Å². The minimum absolute atomic E-state index is 0.0263. The van der Waals surface area contributed by atoms with Gasteiger partial charge in [-0.3, -0.25) is 9.59 Å². The van der Waals surface area contributed by atoms with Gasteiger partial charge in [-0.2, -0.15) is 0 Å². The molecule has 3 fully saturated rings. The molecule has 1 saturated heterocycles. The van der Waals surface area contributed by atoms with E-state index in [1.165, 1.54) is 0 Å². The second kappa shape index (κ2) is 6.85. The lowest BCUT2D eigenvalue weighted by atomic mass is 9.68. The summed E-state index contributed by atoms with van der Waals surface area (Å²) in [4.78, 5) is 37.4. The molecule has 8 atom stereocenters. The normalized spacial score (nSPS) is 44.9. The van der Waals surface area contributed by atoms with Gasteiger partial charge in [-0.05, 0) is 25.2 Å². The van der Waals surface area contributed by atoms with Gasteiger partial charge < -0.3 is 19.7 Å². The molecule has 0 aromatic carbocycles. The van der Waals surface area contributed by atoms with Crippen LogP contribution in [0.25, 0.3) is 0 Å². The van der Waals surface area contributed by atoms with E-state index in [1.807, 2.05) is 20.8 Å². The zero-order valence-corrected chi connectivity index (χ0v) is 16.4. The Kier molecular flexibility index (Phi) is 5.14. The predicted molar refractivity (Wildman–Crippen MR) is 94.4 cm³/mol. The zero-order chi connectivity index (χ0) is 20.1. The summed E-state index contributed by atoms with van der Waals surface area (Å²) in [7, 11) is 0. The van der Waals surface area contributed by atoms with Gasteiger partial charge in [0.25, 0.3) is 0 Å². The Bertz CT molecular complexity index is 646. The molecule has 0 radical (unpaired) electrons. The molecule has 27 heavy (non-hydrogen) atoms. The third-order valence-corrected chi connectivity index (χ3v) is 7.22. The fraction of sp³-hybridized carbons (Fsp3) is 0.850. The number of aliphatic hydroxyl groups excluding tert-OH is 1. The Balaban J connectivity index is 1.91. The molecule has 2 aliphatic carbocycles. The van der Waals surface area contributed by atoms with Crippen LogP contribution in [0.3, 0.4) is 0 Å². The van der Waals surface area contributed by atoms with Crippen LogP contribution in [-0.2, 0) is 23.9 Å². The molecule has 0 bridgehead atoms. The summed E-state index contributed by atoms with van der Waals surface area (Å²) in [5, 5.41) is 20.3. The Morgan fingerprint density at radius 3 is 2.67 bits per heavy atom. The lowest BCUT2D eigenvalue weighted by Crippen LogP contribution is -2.48. The van der Waals surface area contributed by atoms with Crippen molar-refractivity contribution in [3.05, 3.63) is 0 Å². The molecule has 2 N–H and O–H groups in total. The third-order valence-electron chi connectivity index (χ3n) is 7.22. The lowest BCUT2D eigenvalue weighted by Gasteiger charge is -2.36. The van der Waals surface area contributed by atoms with E-state index in [2.05, 4.69) is 0 Å². The average Bonchev–Trinajstić information content (AvgIpc) is 2.94. The van der Waals surface area contributed by atoms with Crippen molar-refractivity contribution in [3.8, 4) is 0 Å². The molecule has 0 aromatic rings. The molecule has 7 nitrogen and oxygen atoms in total. The fourth-order valence-electron chi connectivity index (χ4n) is 5.38. The molecule has 2 saturated carbocycles. The number of fused-ring (bicyclic) bond motifs is 2. The van der Waals surface area contributed by atoms with Gasteiger partial charge in [0, 0.05) is 23.7 Å². The molecular weight excluding hydrogens is 352 g/mol. The fourth-order valence-corrected chi connectivity index (χ4v) is 5.38. The minimum atomic E-state index is -1.98. The van der Waals surface area contributed by atoms with Gasteiger partial charge in [0.2, 0.25) is 0 Å². The van der Waals surface area contributed by atoms with Gasteiger partial charge in [0.1, 0.15) is 18.0 Å². The van der Waals surface area contributed by atoms with Gasteiger partial charge in [0.05, 0.1) is 12.5 Å². The number of ether oxygens (including phenoxy) is 2. The molecule has 0 spiro atoms. The number of Topliss-reactive ketones (excluding diaryl/α,β-unsaturated/α-hetero) is 1. The number of carbonyl (C=O) groups is 3.